The van der Waals surface area contributed by atoms with Gasteiger partial charge in [0.05, 0.1) is 0 Å². The molecule has 1 unspecified atom stereocenters. The third-order valence-electron chi connectivity index (χ3n) is 2.34. The lowest BCUT2D eigenvalue weighted by atomic mass is 10.1. The second kappa shape index (κ2) is 6.43. The topological polar surface area (TPSA) is 47.0 Å². The van der Waals surface area contributed by atoms with Crippen molar-refractivity contribution in [3.8, 4) is 0 Å². The molecule has 1 N–H and O–H groups in total. The van der Waals surface area contributed by atoms with Gasteiger partial charge in [0, 0.05) is 19.9 Å². The van der Waals surface area contributed by atoms with Crippen molar-refractivity contribution in [2.75, 3.05) is 19.0 Å². The van der Waals surface area contributed by atoms with Crippen molar-refractivity contribution < 1.29 is 4.74 Å². The standard InChI is InChI=1S/C12H21N3O/c1-5-7-13-10-6-8-14-12(15-10)11(16-4)9(2)3/h6,8-9,11H,5,7H2,1-4H3,(H,13,14,15). The Hall–Kier alpha value is -1.16. The van der Waals surface area contributed by atoms with Gasteiger partial charge in [-0.05, 0) is 18.4 Å². The minimum atomic E-state index is -0.0385. The average Bonchev–Trinajstić information content (AvgIpc) is 2.27. The molecule has 0 fully saturated rings. The molecule has 0 aliphatic rings. The highest BCUT2D eigenvalue weighted by Crippen LogP contribution is 2.22. The SMILES string of the molecule is CCCNc1ccnc(C(OC)C(C)C)n1. The van der Waals surface area contributed by atoms with Crippen LogP contribution in [-0.4, -0.2) is 23.6 Å². The molecule has 0 saturated carbocycles. The normalized spacial score (nSPS) is 12.8. The molecule has 1 aromatic rings. The summed E-state index contributed by atoms with van der Waals surface area (Å²) < 4.78 is 5.40. The Labute approximate surface area is 97.5 Å². The third-order valence-corrected chi connectivity index (χ3v) is 2.34. The number of nitrogens with zero attached hydrogens (tertiary/aromatic N) is 2. The van der Waals surface area contributed by atoms with Gasteiger partial charge in [0.1, 0.15) is 11.9 Å². The third kappa shape index (κ3) is 3.45. The highest BCUT2D eigenvalue weighted by Gasteiger charge is 2.17. The van der Waals surface area contributed by atoms with E-state index in [1.807, 2.05) is 6.07 Å². The van der Waals surface area contributed by atoms with E-state index < -0.39 is 0 Å². The van der Waals surface area contributed by atoms with Crippen molar-refractivity contribution in [2.45, 2.75) is 33.3 Å². The zero-order valence-electron chi connectivity index (χ0n) is 10.5. The molecule has 0 amide bonds. The average molecular weight is 223 g/mol. The number of rotatable bonds is 6. The van der Waals surface area contributed by atoms with E-state index >= 15 is 0 Å². The fourth-order valence-electron chi connectivity index (χ4n) is 1.54. The van der Waals surface area contributed by atoms with Crippen LogP contribution in [0.2, 0.25) is 0 Å². The molecule has 0 spiro atoms. The van der Waals surface area contributed by atoms with Crippen LogP contribution in [0.5, 0.6) is 0 Å². The van der Waals surface area contributed by atoms with E-state index in [0.717, 1.165) is 24.6 Å². The second-order valence-corrected chi connectivity index (χ2v) is 4.13. The number of hydrogen-bond donors (Lipinski definition) is 1. The van der Waals surface area contributed by atoms with Gasteiger partial charge in [-0.1, -0.05) is 20.8 Å². The molecule has 0 bridgehead atoms. The van der Waals surface area contributed by atoms with Crippen LogP contribution in [0, 0.1) is 5.92 Å². The summed E-state index contributed by atoms with van der Waals surface area (Å²) in [6, 6.07) is 1.88. The molecule has 4 nitrogen and oxygen atoms in total. The van der Waals surface area contributed by atoms with E-state index in [0.29, 0.717) is 5.92 Å². The molecule has 1 atom stereocenters. The minimum Gasteiger partial charge on any atom is -0.373 e. The Morgan fingerprint density at radius 3 is 2.75 bits per heavy atom. The summed E-state index contributed by atoms with van der Waals surface area (Å²) in [5.41, 5.74) is 0. The molecular formula is C12H21N3O. The summed E-state index contributed by atoms with van der Waals surface area (Å²) in [7, 11) is 1.69. The first-order valence-corrected chi connectivity index (χ1v) is 5.78. The number of nitrogens with one attached hydrogen (secondary N) is 1. The van der Waals surface area contributed by atoms with Crippen LogP contribution in [0.4, 0.5) is 5.82 Å². The Bertz CT molecular complexity index is 315. The number of anilines is 1. The first kappa shape index (κ1) is 12.9. The number of methoxy groups -OCH3 is 1. The van der Waals surface area contributed by atoms with Gasteiger partial charge in [0.15, 0.2) is 5.82 Å². The summed E-state index contributed by atoms with van der Waals surface area (Å²) >= 11 is 0. The summed E-state index contributed by atoms with van der Waals surface area (Å²) in [5.74, 6) is 1.99. The van der Waals surface area contributed by atoms with Crippen LogP contribution in [0.3, 0.4) is 0 Å². The van der Waals surface area contributed by atoms with Crippen LogP contribution < -0.4 is 5.32 Å². The van der Waals surface area contributed by atoms with E-state index in [-0.39, 0.29) is 6.10 Å². The maximum absolute atomic E-state index is 5.40. The Balaban J connectivity index is 2.79. The van der Waals surface area contributed by atoms with Gasteiger partial charge < -0.3 is 10.1 Å². The largest absolute Gasteiger partial charge is 0.373 e. The van der Waals surface area contributed by atoms with Crippen LogP contribution >= 0.6 is 0 Å². The van der Waals surface area contributed by atoms with Gasteiger partial charge in [0.25, 0.3) is 0 Å². The van der Waals surface area contributed by atoms with Gasteiger partial charge in [-0.3, -0.25) is 0 Å². The highest BCUT2D eigenvalue weighted by molar-refractivity contribution is 5.32. The summed E-state index contributed by atoms with van der Waals surface area (Å²) in [6.45, 7) is 7.25. The van der Waals surface area contributed by atoms with Crippen molar-refractivity contribution in [3.63, 3.8) is 0 Å². The molecule has 0 aliphatic carbocycles. The zero-order chi connectivity index (χ0) is 12.0. The number of hydrogen-bond acceptors (Lipinski definition) is 4. The van der Waals surface area contributed by atoms with E-state index in [2.05, 4.69) is 36.1 Å². The molecule has 0 aromatic carbocycles. The quantitative estimate of drug-likeness (QED) is 0.805. The first-order chi connectivity index (χ1) is 7.69. The van der Waals surface area contributed by atoms with Crippen LogP contribution in [-0.2, 0) is 4.74 Å². The van der Waals surface area contributed by atoms with Crippen molar-refractivity contribution in [3.05, 3.63) is 18.1 Å². The smallest absolute Gasteiger partial charge is 0.159 e. The van der Waals surface area contributed by atoms with Crippen molar-refractivity contribution in [2.24, 2.45) is 5.92 Å². The lowest BCUT2D eigenvalue weighted by Crippen LogP contribution is -2.14. The molecule has 1 rings (SSSR count). The predicted octanol–water partition coefficient (Wildman–Crippen LogP) is 2.64. The number of ether oxygens (including phenoxy) is 1. The molecule has 0 saturated heterocycles. The molecule has 1 aromatic heterocycles. The predicted molar refractivity (Wildman–Crippen MR) is 65.4 cm³/mol. The van der Waals surface area contributed by atoms with Crippen molar-refractivity contribution >= 4 is 5.82 Å². The molecule has 0 radical (unpaired) electrons. The summed E-state index contributed by atoms with van der Waals surface area (Å²) in [5, 5.41) is 3.25. The highest BCUT2D eigenvalue weighted by atomic mass is 16.5. The lowest BCUT2D eigenvalue weighted by Gasteiger charge is -2.18. The Morgan fingerprint density at radius 2 is 2.19 bits per heavy atom. The summed E-state index contributed by atoms with van der Waals surface area (Å²) in [4.78, 5) is 8.72. The minimum absolute atomic E-state index is 0.0385. The maximum atomic E-state index is 5.40. The van der Waals surface area contributed by atoms with E-state index in [1.54, 1.807) is 13.3 Å². The zero-order valence-corrected chi connectivity index (χ0v) is 10.5. The lowest BCUT2D eigenvalue weighted by molar-refractivity contribution is 0.0575. The van der Waals surface area contributed by atoms with E-state index in [1.165, 1.54) is 0 Å². The molecule has 90 valence electrons. The van der Waals surface area contributed by atoms with Crippen molar-refractivity contribution in [1.29, 1.82) is 0 Å². The molecular weight excluding hydrogens is 202 g/mol. The Kier molecular flexibility index (Phi) is 5.19. The monoisotopic (exact) mass is 223 g/mol. The number of aromatic nitrogens is 2. The van der Waals surface area contributed by atoms with Gasteiger partial charge in [0.2, 0.25) is 0 Å². The molecule has 1 heterocycles. The maximum Gasteiger partial charge on any atom is 0.159 e. The second-order valence-electron chi connectivity index (χ2n) is 4.13. The van der Waals surface area contributed by atoms with Crippen molar-refractivity contribution in [1.82, 2.24) is 9.97 Å². The summed E-state index contributed by atoms with van der Waals surface area (Å²) in [6.07, 6.45) is 2.81. The van der Waals surface area contributed by atoms with Gasteiger partial charge >= 0.3 is 0 Å². The Morgan fingerprint density at radius 1 is 1.44 bits per heavy atom. The van der Waals surface area contributed by atoms with E-state index in [4.69, 9.17) is 4.74 Å². The molecule has 0 aliphatic heterocycles. The fourth-order valence-corrected chi connectivity index (χ4v) is 1.54. The van der Waals surface area contributed by atoms with Crippen LogP contribution in [0.25, 0.3) is 0 Å². The van der Waals surface area contributed by atoms with Crippen LogP contribution in [0.15, 0.2) is 12.3 Å². The van der Waals surface area contributed by atoms with Gasteiger partial charge in [-0.15, -0.1) is 0 Å². The molecule has 4 heteroatoms. The van der Waals surface area contributed by atoms with Gasteiger partial charge in [-0.25, -0.2) is 9.97 Å². The van der Waals surface area contributed by atoms with E-state index in [9.17, 15) is 0 Å². The fraction of sp³-hybridized carbons (Fsp3) is 0.667. The van der Waals surface area contributed by atoms with Gasteiger partial charge in [-0.2, -0.15) is 0 Å². The van der Waals surface area contributed by atoms with Crippen LogP contribution in [0.1, 0.15) is 39.1 Å². The molecule has 16 heavy (non-hydrogen) atoms. The first-order valence-electron chi connectivity index (χ1n) is 5.78.